The number of hydrogen-bond donors (Lipinski definition) is 2. The van der Waals surface area contributed by atoms with Gasteiger partial charge in [-0.05, 0) is 23.3 Å². The van der Waals surface area contributed by atoms with Crippen molar-refractivity contribution in [1.29, 1.82) is 0 Å². The standard InChI is InChI=1S/C25H29N5O3/c1-32-21-12-18-19(13-22(21)33-2)25-20(14-26-28-25)24(18)27-23(31)16-30-10-8-29(9-11-30)15-17-6-4-3-5-7-17/h3-7,12-14,24H,8-11,15-16H2,1-2H3,(H,26,28)(H,27,31). The number of benzene rings is 2. The van der Waals surface area contributed by atoms with Crippen molar-refractivity contribution in [2.75, 3.05) is 46.9 Å². The fraction of sp³-hybridized carbons (Fsp3) is 0.360. The van der Waals surface area contributed by atoms with Crippen LogP contribution in [0, 0.1) is 0 Å². The lowest BCUT2D eigenvalue weighted by atomic mass is 10.0. The zero-order valence-electron chi connectivity index (χ0n) is 19.0. The van der Waals surface area contributed by atoms with E-state index in [0.717, 1.165) is 55.1 Å². The number of H-pyrrole nitrogens is 1. The Balaban J connectivity index is 1.22. The van der Waals surface area contributed by atoms with E-state index in [4.69, 9.17) is 9.47 Å². The van der Waals surface area contributed by atoms with Gasteiger partial charge in [0.25, 0.3) is 0 Å². The summed E-state index contributed by atoms with van der Waals surface area (Å²) >= 11 is 0. The quantitative estimate of drug-likeness (QED) is 0.579. The number of hydrogen-bond acceptors (Lipinski definition) is 6. The Labute approximate surface area is 193 Å². The van der Waals surface area contributed by atoms with Crippen LogP contribution in [0.1, 0.15) is 22.7 Å². The van der Waals surface area contributed by atoms with Gasteiger partial charge in [0.2, 0.25) is 5.91 Å². The van der Waals surface area contributed by atoms with E-state index in [1.165, 1.54) is 5.56 Å². The second-order valence-electron chi connectivity index (χ2n) is 8.53. The average Bonchev–Trinajstić information content (AvgIpc) is 3.42. The molecule has 2 N–H and O–H groups in total. The number of ether oxygens (including phenoxy) is 2. The van der Waals surface area contributed by atoms with Gasteiger partial charge in [-0.2, -0.15) is 5.10 Å². The fourth-order valence-corrected chi connectivity index (χ4v) is 4.76. The van der Waals surface area contributed by atoms with Crippen LogP contribution < -0.4 is 14.8 Å². The molecule has 2 heterocycles. The molecule has 1 amide bonds. The monoisotopic (exact) mass is 447 g/mol. The molecule has 1 atom stereocenters. The molecule has 0 bridgehead atoms. The third-order valence-electron chi connectivity index (χ3n) is 6.50. The van der Waals surface area contributed by atoms with Crippen molar-refractivity contribution in [1.82, 2.24) is 25.3 Å². The van der Waals surface area contributed by atoms with Crippen LogP contribution in [0.25, 0.3) is 11.3 Å². The summed E-state index contributed by atoms with van der Waals surface area (Å²) in [7, 11) is 3.23. The number of rotatable bonds is 7. The zero-order valence-corrected chi connectivity index (χ0v) is 19.0. The number of nitrogens with zero attached hydrogens (tertiary/aromatic N) is 3. The number of aromatic nitrogens is 2. The van der Waals surface area contributed by atoms with Gasteiger partial charge in [-0.1, -0.05) is 30.3 Å². The largest absolute Gasteiger partial charge is 0.493 e. The minimum Gasteiger partial charge on any atom is -0.493 e. The molecule has 5 rings (SSSR count). The number of carbonyl (C=O) groups excluding carboxylic acids is 1. The molecule has 3 aromatic rings. The molecule has 1 aromatic heterocycles. The number of fused-ring (bicyclic) bond motifs is 3. The van der Waals surface area contributed by atoms with Crippen LogP contribution in [0.15, 0.2) is 48.7 Å². The molecular weight excluding hydrogens is 418 g/mol. The van der Waals surface area contributed by atoms with Crippen molar-refractivity contribution in [3.63, 3.8) is 0 Å². The molecule has 1 saturated heterocycles. The first-order chi connectivity index (χ1) is 16.2. The van der Waals surface area contributed by atoms with E-state index in [9.17, 15) is 4.79 Å². The second-order valence-corrected chi connectivity index (χ2v) is 8.53. The molecule has 8 heteroatoms. The Kier molecular flexibility index (Phi) is 6.02. The smallest absolute Gasteiger partial charge is 0.234 e. The highest BCUT2D eigenvalue weighted by Crippen LogP contribution is 2.46. The van der Waals surface area contributed by atoms with Gasteiger partial charge in [-0.25, -0.2) is 0 Å². The van der Waals surface area contributed by atoms with Gasteiger partial charge in [-0.3, -0.25) is 19.7 Å². The van der Waals surface area contributed by atoms with Crippen LogP contribution >= 0.6 is 0 Å². The van der Waals surface area contributed by atoms with Gasteiger partial charge in [0.05, 0.1) is 38.7 Å². The van der Waals surface area contributed by atoms with E-state index < -0.39 is 0 Å². The van der Waals surface area contributed by atoms with Gasteiger partial charge in [-0.15, -0.1) is 0 Å². The SMILES string of the molecule is COc1cc2c(cc1OC)C(NC(=O)CN1CCN(Cc3ccccc3)CC1)c1cn[nH]c1-2. The fourth-order valence-electron chi connectivity index (χ4n) is 4.76. The molecule has 1 fully saturated rings. The summed E-state index contributed by atoms with van der Waals surface area (Å²) in [6.45, 7) is 5.00. The lowest BCUT2D eigenvalue weighted by molar-refractivity contribution is -0.123. The minimum absolute atomic E-state index is 0.00583. The van der Waals surface area contributed by atoms with E-state index in [1.54, 1.807) is 20.4 Å². The Morgan fingerprint density at radius 1 is 1.03 bits per heavy atom. The van der Waals surface area contributed by atoms with E-state index in [0.29, 0.717) is 18.0 Å². The topological polar surface area (TPSA) is 82.7 Å². The maximum absolute atomic E-state index is 13.0. The van der Waals surface area contributed by atoms with Crippen molar-refractivity contribution in [2.45, 2.75) is 12.6 Å². The number of carbonyl (C=O) groups is 1. The van der Waals surface area contributed by atoms with E-state index >= 15 is 0 Å². The highest BCUT2D eigenvalue weighted by Gasteiger charge is 2.33. The third kappa shape index (κ3) is 4.31. The number of methoxy groups -OCH3 is 2. The molecule has 0 saturated carbocycles. The summed E-state index contributed by atoms with van der Waals surface area (Å²) in [5.74, 6) is 1.30. The first-order valence-electron chi connectivity index (χ1n) is 11.2. The molecule has 8 nitrogen and oxygen atoms in total. The Hall–Kier alpha value is -3.36. The van der Waals surface area contributed by atoms with Crippen LogP contribution in [0.2, 0.25) is 0 Å². The lowest BCUT2D eigenvalue weighted by Gasteiger charge is -2.34. The Bertz CT molecular complexity index is 1120. The first kappa shape index (κ1) is 21.5. The molecule has 2 aliphatic rings. The highest BCUT2D eigenvalue weighted by molar-refractivity contribution is 5.84. The summed E-state index contributed by atoms with van der Waals surface area (Å²) in [6.07, 6.45) is 1.78. The van der Waals surface area contributed by atoms with Crippen LogP contribution in [0.4, 0.5) is 0 Å². The maximum Gasteiger partial charge on any atom is 0.234 e. The van der Waals surface area contributed by atoms with Crippen molar-refractivity contribution >= 4 is 5.91 Å². The molecule has 2 aromatic carbocycles. The van der Waals surface area contributed by atoms with Gasteiger partial charge in [0.15, 0.2) is 11.5 Å². The molecule has 33 heavy (non-hydrogen) atoms. The minimum atomic E-state index is -0.263. The number of piperazine rings is 1. The number of amides is 1. The van der Waals surface area contributed by atoms with Crippen LogP contribution in [0.3, 0.4) is 0 Å². The molecule has 1 unspecified atom stereocenters. The van der Waals surface area contributed by atoms with Crippen molar-refractivity contribution in [3.8, 4) is 22.8 Å². The van der Waals surface area contributed by atoms with Gasteiger partial charge < -0.3 is 14.8 Å². The number of nitrogens with one attached hydrogen (secondary N) is 2. The summed E-state index contributed by atoms with van der Waals surface area (Å²) in [5.41, 5.74) is 5.15. The van der Waals surface area contributed by atoms with Gasteiger partial charge in [0, 0.05) is 43.9 Å². The number of aromatic amines is 1. The lowest BCUT2D eigenvalue weighted by Crippen LogP contribution is -2.49. The molecule has 1 aliphatic carbocycles. The van der Waals surface area contributed by atoms with Crippen LogP contribution in [-0.4, -0.2) is 72.8 Å². The molecular formula is C25H29N5O3. The zero-order chi connectivity index (χ0) is 22.8. The predicted molar refractivity (Wildman–Crippen MR) is 125 cm³/mol. The summed E-state index contributed by atoms with van der Waals surface area (Å²) < 4.78 is 10.9. The van der Waals surface area contributed by atoms with E-state index in [-0.39, 0.29) is 11.9 Å². The van der Waals surface area contributed by atoms with Crippen molar-refractivity contribution in [2.24, 2.45) is 0 Å². The molecule has 0 spiro atoms. The molecule has 1 aliphatic heterocycles. The Morgan fingerprint density at radius 3 is 2.45 bits per heavy atom. The summed E-state index contributed by atoms with van der Waals surface area (Å²) in [5, 5.41) is 10.5. The third-order valence-corrected chi connectivity index (χ3v) is 6.50. The maximum atomic E-state index is 13.0. The van der Waals surface area contributed by atoms with E-state index in [1.807, 2.05) is 18.2 Å². The second kappa shape index (κ2) is 9.25. The first-order valence-corrected chi connectivity index (χ1v) is 11.2. The van der Waals surface area contributed by atoms with Gasteiger partial charge in [0.1, 0.15) is 0 Å². The van der Waals surface area contributed by atoms with Crippen molar-refractivity contribution < 1.29 is 14.3 Å². The highest BCUT2D eigenvalue weighted by atomic mass is 16.5. The van der Waals surface area contributed by atoms with Crippen LogP contribution in [-0.2, 0) is 11.3 Å². The molecule has 172 valence electrons. The molecule has 0 radical (unpaired) electrons. The van der Waals surface area contributed by atoms with E-state index in [2.05, 4.69) is 49.6 Å². The van der Waals surface area contributed by atoms with Crippen LogP contribution in [0.5, 0.6) is 11.5 Å². The predicted octanol–water partition coefficient (Wildman–Crippen LogP) is 2.43. The summed E-state index contributed by atoms with van der Waals surface area (Å²) in [6, 6.07) is 14.1. The van der Waals surface area contributed by atoms with Gasteiger partial charge >= 0.3 is 0 Å². The average molecular weight is 448 g/mol. The summed E-state index contributed by atoms with van der Waals surface area (Å²) in [4.78, 5) is 17.7. The normalized spacial score (nSPS) is 17.9. The van der Waals surface area contributed by atoms with Crippen molar-refractivity contribution in [3.05, 3.63) is 65.4 Å². The Morgan fingerprint density at radius 2 is 1.73 bits per heavy atom.